The first-order chi connectivity index (χ1) is 11.4. The van der Waals surface area contributed by atoms with Gasteiger partial charge in [0.2, 0.25) is 5.91 Å². The van der Waals surface area contributed by atoms with Crippen LogP contribution in [0, 0.1) is 20.8 Å². The molecule has 0 saturated carbocycles. The van der Waals surface area contributed by atoms with E-state index in [1.807, 2.05) is 20.8 Å². The topological polar surface area (TPSA) is 49.4 Å². The average molecular weight is 343 g/mol. The zero-order valence-electron chi connectivity index (χ0n) is 13.9. The van der Waals surface area contributed by atoms with E-state index < -0.39 is 6.04 Å². The van der Waals surface area contributed by atoms with Crippen LogP contribution in [0.4, 0.5) is 11.4 Å². The predicted molar refractivity (Wildman–Crippen MR) is 96.6 cm³/mol. The van der Waals surface area contributed by atoms with Crippen LogP contribution in [0.25, 0.3) is 0 Å². The van der Waals surface area contributed by atoms with Crippen molar-refractivity contribution in [1.29, 1.82) is 0 Å². The normalized spacial score (nSPS) is 17.5. The Morgan fingerprint density at radius 2 is 1.62 bits per heavy atom. The molecule has 0 bridgehead atoms. The molecule has 5 heteroatoms. The largest absolute Gasteiger partial charge is 0.373 e. The summed E-state index contributed by atoms with van der Waals surface area (Å²) in [6.07, 6.45) is 0.147. The van der Waals surface area contributed by atoms with Crippen LogP contribution in [0.1, 0.15) is 23.1 Å². The first kappa shape index (κ1) is 16.5. The molecule has 4 nitrogen and oxygen atoms in total. The summed E-state index contributed by atoms with van der Waals surface area (Å²) in [5, 5.41) is 3.83. The summed E-state index contributed by atoms with van der Waals surface area (Å²) < 4.78 is 0. The summed E-state index contributed by atoms with van der Waals surface area (Å²) >= 11 is 5.87. The third kappa shape index (κ3) is 3.02. The first-order valence-corrected chi connectivity index (χ1v) is 8.21. The number of carbonyl (C=O) groups is 2. The summed E-state index contributed by atoms with van der Waals surface area (Å²) in [7, 11) is 0. The number of hydrogen-bond donors (Lipinski definition) is 1. The highest BCUT2D eigenvalue weighted by Gasteiger charge is 2.39. The highest BCUT2D eigenvalue weighted by Crippen LogP contribution is 2.28. The summed E-state index contributed by atoms with van der Waals surface area (Å²) in [4.78, 5) is 26.3. The Kier molecular flexibility index (Phi) is 4.33. The van der Waals surface area contributed by atoms with E-state index in [1.165, 1.54) is 10.5 Å². The molecule has 1 aliphatic rings. The zero-order chi connectivity index (χ0) is 17.4. The minimum absolute atomic E-state index is 0.147. The van der Waals surface area contributed by atoms with E-state index in [4.69, 9.17) is 11.6 Å². The van der Waals surface area contributed by atoms with Crippen molar-refractivity contribution in [3.8, 4) is 0 Å². The van der Waals surface area contributed by atoms with Gasteiger partial charge >= 0.3 is 0 Å². The average Bonchev–Trinajstić information content (AvgIpc) is 2.78. The summed E-state index contributed by atoms with van der Waals surface area (Å²) in [5.41, 5.74) is 4.78. The lowest BCUT2D eigenvalue weighted by Gasteiger charge is -2.19. The molecule has 24 heavy (non-hydrogen) atoms. The summed E-state index contributed by atoms with van der Waals surface area (Å²) in [6, 6.07) is 10.3. The van der Waals surface area contributed by atoms with Gasteiger partial charge in [0, 0.05) is 10.7 Å². The van der Waals surface area contributed by atoms with Crippen LogP contribution < -0.4 is 10.2 Å². The second kappa shape index (κ2) is 6.29. The molecular formula is C19H19ClN2O2. The maximum absolute atomic E-state index is 12.7. The van der Waals surface area contributed by atoms with Gasteiger partial charge in [-0.3, -0.25) is 9.59 Å². The fourth-order valence-electron chi connectivity index (χ4n) is 3.19. The van der Waals surface area contributed by atoms with Crippen LogP contribution in [0.5, 0.6) is 0 Å². The fraction of sp³-hybridized carbons (Fsp3) is 0.263. The van der Waals surface area contributed by atoms with E-state index in [0.29, 0.717) is 10.7 Å². The van der Waals surface area contributed by atoms with E-state index in [0.717, 1.165) is 16.8 Å². The molecule has 2 aromatic rings. The van der Waals surface area contributed by atoms with Gasteiger partial charge < -0.3 is 5.32 Å². The molecule has 124 valence electrons. The number of hydrogen-bond acceptors (Lipinski definition) is 3. The summed E-state index contributed by atoms with van der Waals surface area (Å²) in [5.74, 6) is -0.441. The van der Waals surface area contributed by atoms with E-state index in [1.54, 1.807) is 24.3 Å². The lowest BCUT2D eigenvalue weighted by molar-refractivity contribution is -0.121. The molecule has 0 spiro atoms. The number of amides is 2. The molecule has 2 amide bonds. The number of aryl methyl sites for hydroxylation is 3. The number of carbonyl (C=O) groups excluding carboxylic acids is 2. The zero-order valence-corrected chi connectivity index (χ0v) is 14.6. The van der Waals surface area contributed by atoms with Gasteiger partial charge in [0.25, 0.3) is 5.91 Å². The predicted octanol–water partition coefficient (Wildman–Crippen LogP) is 4.01. The second-order valence-corrected chi connectivity index (χ2v) is 6.66. The minimum Gasteiger partial charge on any atom is -0.373 e. The first-order valence-electron chi connectivity index (χ1n) is 7.83. The van der Waals surface area contributed by atoms with Gasteiger partial charge in [0.1, 0.15) is 6.04 Å². The quantitative estimate of drug-likeness (QED) is 0.857. The van der Waals surface area contributed by atoms with Crippen molar-refractivity contribution in [3.05, 3.63) is 58.1 Å². The van der Waals surface area contributed by atoms with Gasteiger partial charge in [0.15, 0.2) is 0 Å². The van der Waals surface area contributed by atoms with Crippen molar-refractivity contribution >= 4 is 34.8 Å². The molecule has 1 saturated heterocycles. The minimum atomic E-state index is -0.548. The van der Waals surface area contributed by atoms with E-state index in [2.05, 4.69) is 17.4 Å². The number of benzene rings is 2. The maximum atomic E-state index is 12.7. The molecule has 0 aliphatic carbocycles. The lowest BCUT2D eigenvalue weighted by Crippen LogP contribution is -2.35. The molecule has 1 fully saturated rings. The van der Waals surface area contributed by atoms with Gasteiger partial charge in [-0.05, 0) is 56.2 Å². The van der Waals surface area contributed by atoms with Crippen molar-refractivity contribution in [2.24, 2.45) is 0 Å². The van der Waals surface area contributed by atoms with Crippen LogP contribution in [0.15, 0.2) is 36.4 Å². The smallest absolute Gasteiger partial charge is 0.256 e. The van der Waals surface area contributed by atoms with Crippen LogP contribution in [0.2, 0.25) is 5.02 Å². The molecule has 0 unspecified atom stereocenters. The highest BCUT2D eigenvalue weighted by atomic mass is 35.5. The molecule has 2 aromatic carbocycles. The molecule has 1 atom stereocenters. The van der Waals surface area contributed by atoms with Crippen molar-refractivity contribution in [2.75, 3.05) is 10.2 Å². The van der Waals surface area contributed by atoms with E-state index >= 15 is 0 Å². The number of rotatable bonds is 3. The van der Waals surface area contributed by atoms with E-state index in [-0.39, 0.29) is 18.2 Å². The van der Waals surface area contributed by atoms with Gasteiger partial charge in [-0.15, -0.1) is 0 Å². The van der Waals surface area contributed by atoms with Gasteiger partial charge in [-0.25, -0.2) is 4.90 Å². The van der Waals surface area contributed by atoms with Gasteiger partial charge in [-0.1, -0.05) is 29.3 Å². The Morgan fingerprint density at radius 1 is 1.04 bits per heavy atom. The van der Waals surface area contributed by atoms with Crippen molar-refractivity contribution < 1.29 is 9.59 Å². The van der Waals surface area contributed by atoms with Crippen molar-refractivity contribution in [1.82, 2.24) is 0 Å². The molecule has 0 radical (unpaired) electrons. The maximum Gasteiger partial charge on any atom is 0.256 e. The monoisotopic (exact) mass is 342 g/mol. The number of nitrogens with zero attached hydrogens (tertiary/aromatic N) is 1. The number of halogens is 1. The fourth-order valence-corrected chi connectivity index (χ4v) is 3.31. The van der Waals surface area contributed by atoms with Crippen LogP contribution in [-0.4, -0.2) is 17.9 Å². The van der Waals surface area contributed by atoms with Crippen molar-refractivity contribution in [3.63, 3.8) is 0 Å². The van der Waals surface area contributed by atoms with Gasteiger partial charge in [0.05, 0.1) is 12.1 Å². The molecule has 1 aliphatic heterocycles. The highest BCUT2D eigenvalue weighted by molar-refractivity contribution is 6.30. The standard InChI is InChI=1S/C19H19ClN2O2/c1-11-8-12(2)18(13(3)9-11)21-16-10-17(23)22(19(16)24)15-6-4-14(20)5-7-15/h4-9,16,21H,10H2,1-3H3/t16-/m1/s1. The Morgan fingerprint density at radius 3 is 2.21 bits per heavy atom. The summed E-state index contributed by atoms with van der Waals surface area (Å²) in [6.45, 7) is 6.04. The van der Waals surface area contributed by atoms with Crippen LogP contribution in [0.3, 0.4) is 0 Å². The van der Waals surface area contributed by atoms with E-state index in [9.17, 15) is 9.59 Å². The Bertz CT molecular complexity index is 792. The van der Waals surface area contributed by atoms with Crippen LogP contribution in [-0.2, 0) is 9.59 Å². The third-order valence-corrected chi connectivity index (χ3v) is 4.48. The number of imide groups is 1. The molecule has 3 rings (SSSR count). The number of nitrogens with one attached hydrogen (secondary N) is 1. The Hall–Kier alpha value is -2.33. The molecule has 0 aromatic heterocycles. The SMILES string of the molecule is Cc1cc(C)c(N[C@@H]2CC(=O)N(c3ccc(Cl)cc3)C2=O)c(C)c1. The second-order valence-electron chi connectivity index (χ2n) is 6.22. The molecule has 1 heterocycles. The number of anilines is 2. The molecular weight excluding hydrogens is 324 g/mol. The molecule has 1 N–H and O–H groups in total. The third-order valence-electron chi connectivity index (χ3n) is 4.23. The lowest BCUT2D eigenvalue weighted by atomic mass is 10.0. The van der Waals surface area contributed by atoms with Crippen LogP contribution >= 0.6 is 11.6 Å². The Balaban J connectivity index is 1.86. The Labute approximate surface area is 146 Å². The van der Waals surface area contributed by atoms with Crippen molar-refractivity contribution in [2.45, 2.75) is 33.2 Å². The van der Waals surface area contributed by atoms with Gasteiger partial charge in [-0.2, -0.15) is 0 Å².